The van der Waals surface area contributed by atoms with Crippen molar-refractivity contribution in [2.24, 2.45) is 0 Å². The maximum atomic E-state index is 3.82. The van der Waals surface area contributed by atoms with Crippen LogP contribution in [0.3, 0.4) is 0 Å². The number of allylic oxidation sites excluding steroid dienone is 1. The van der Waals surface area contributed by atoms with Crippen LogP contribution in [0.15, 0.2) is 24.8 Å². The summed E-state index contributed by atoms with van der Waals surface area (Å²) in [4.78, 5) is 3.82. The second-order valence-electron chi connectivity index (χ2n) is 1.39. The molecule has 0 unspecified atom stereocenters. The normalized spacial score (nSPS) is 10.6. The third-order valence-electron chi connectivity index (χ3n) is 0.802. The number of hydrogen-bond donors (Lipinski definition) is 0. The minimum Gasteiger partial charge on any atom is -0.313 e. The second kappa shape index (κ2) is 2.31. The van der Waals surface area contributed by atoms with E-state index in [0.29, 0.717) is 0 Å². The zero-order valence-corrected chi connectivity index (χ0v) is 4.49. The van der Waals surface area contributed by atoms with Gasteiger partial charge in [-0.15, -0.1) is 0 Å². The van der Waals surface area contributed by atoms with Gasteiger partial charge >= 0.3 is 0 Å². The molecule has 8 heavy (non-hydrogen) atoms. The van der Waals surface area contributed by atoms with E-state index in [-0.39, 0.29) is 0 Å². The summed E-state index contributed by atoms with van der Waals surface area (Å²) in [7, 11) is 0. The molecule has 0 bridgehead atoms. The minimum absolute atomic E-state index is 1.71. The summed E-state index contributed by atoms with van der Waals surface area (Å²) < 4.78 is 1.83. The first kappa shape index (κ1) is 5.09. The molecule has 1 aromatic rings. The zero-order chi connectivity index (χ0) is 5.82. The molecule has 0 aromatic carbocycles. The average Bonchev–Trinajstić information content (AvgIpc) is 2.19. The van der Waals surface area contributed by atoms with Gasteiger partial charge in [0.25, 0.3) is 0 Å². The second-order valence-corrected chi connectivity index (χ2v) is 1.39. The molecule has 0 aliphatic heterocycles. The van der Waals surface area contributed by atoms with Gasteiger partial charge in [-0.1, -0.05) is 6.08 Å². The molecule has 0 atom stereocenters. The van der Waals surface area contributed by atoms with Gasteiger partial charge in [0.15, 0.2) is 0 Å². The summed E-state index contributed by atoms with van der Waals surface area (Å²) in [5, 5.41) is 0. The predicted octanol–water partition coefficient (Wildman–Crippen LogP) is 1.19. The van der Waals surface area contributed by atoms with Crippen LogP contribution in [0.2, 0.25) is 0 Å². The highest BCUT2D eigenvalue weighted by Gasteiger charge is 1.75. The van der Waals surface area contributed by atoms with Gasteiger partial charge in [-0.2, -0.15) is 0 Å². The van der Waals surface area contributed by atoms with Crippen LogP contribution in [0.5, 0.6) is 0 Å². The van der Waals surface area contributed by atoms with Crippen molar-refractivity contribution in [1.82, 2.24) is 9.55 Å². The molecule has 0 saturated carbocycles. The molecule has 2 heteroatoms. The third-order valence-corrected chi connectivity index (χ3v) is 0.802. The number of imidazole rings is 1. The summed E-state index contributed by atoms with van der Waals surface area (Å²) >= 11 is 0. The van der Waals surface area contributed by atoms with E-state index in [2.05, 4.69) is 11.9 Å². The Hall–Kier alpha value is -1.05. The van der Waals surface area contributed by atoms with E-state index in [1.807, 2.05) is 17.0 Å². The van der Waals surface area contributed by atoms with Gasteiger partial charge in [0.05, 0.1) is 6.33 Å². The molecule has 0 spiro atoms. The molecule has 1 aromatic heterocycles. The molecule has 0 N–H and O–H groups in total. The van der Waals surface area contributed by atoms with E-state index in [1.54, 1.807) is 18.6 Å². The monoisotopic (exact) mass is 107 g/mol. The lowest BCUT2D eigenvalue weighted by Gasteiger charge is -1.83. The van der Waals surface area contributed by atoms with Gasteiger partial charge in [0.2, 0.25) is 0 Å². The standard InChI is InChI=1S/C6H7N2/c1-2-4-8-5-3-7-6-8/h2-6H,1H2. The first-order chi connectivity index (χ1) is 3.93. The van der Waals surface area contributed by atoms with Crippen molar-refractivity contribution in [2.45, 2.75) is 0 Å². The van der Waals surface area contributed by atoms with E-state index in [9.17, 15) is 0 Å². The maximum Gasteiger partial charge on any atom is 0.0986 e. The molecule has 1 radical (unpaired) electrons. The molecule has 41 valence electrons. The van der Waals surface area contributed by atoms with Crippen molar-refractivity contribution in [3.05, 3.63) is 31.7 Å². The van der Waals surface area contributed by atoms with Crippen LogP contribution in [-0.4, -0.2) is 9.55 Å². The molecule has 0 saturated heterocycles. The lowest BCUT2D eigenvalue weighted by atomic mass is 10.7. The van der Waals surface area contributed by atoms with Crippen LogP contribution in [0.1, 0.15) is 0 Å². The number of aromatic nitrogens is 2. The van der Waals surface area contributed by atoms with Crippen LogP contribution in [-0.2, 0) is 0 Å². The Balaban J connectivity index is 2.77. The summed E-state index contributed by atoms with van der Waals surface area (Å²) in [6.45, 7) is 3.53. The Labute approximate surface area is 48.5 Å². The van der Waals surface area contributed by atoms with E-state index < -0.39 is 0 Å². The largest absolute Gasteiger partial charge is 0.313 e. The average molecular weight is 107 g/mol. The van der Waals surface area contributed by atoms with Crippen molar-refractivity contribution in [1.29, 1.82) is 0 Å². The SMILES string of the molecule is [CH2]C=Cn1ccnc1. The highest BCUT2D eigenvalue weighted by Crippen LogP contribution is 1.84. The summed E-state index contributed by atoms with van der Waals surface area (Å²) in [5.74, 6) is 0. The fourth-order valence-electron chi connectivity index (χ4n) is 0.479. The lowest BCUT2D eigenvalue weighted by molar-refractivity contribution is 1.14. The minimum atomic E-state index is 1.71. The van der Waals surface area contributed by atoms with Crippen LogP contribution in [0.25, 0.3) is 6.20 Å². The summed E-state index contributed by atoms with van der Waals surface area (Å²) in [5.41, 5.74) is 0. The van der Waals surface area contributed by atoms with Crippen LogP contribution >= 0.6 is 0 Å². The van der Waals surface area contributed by atoms with Gasteiger partial charge < -0.3 is 4.57 Å². The van der Waals surface area contributed by atoms with Crippen molar-refractivity contribution in [2.75, 3.05) is 0 Å². The molecular formula is C6H7N2. The summed E-state index contributed by atoms with van der Waals surface area (Å²) in [6.07, 6.45) is 8.82. The molecule has 1 rings (SSSR count). The molecular weight excluding hydrogens is 100 g/mol. The first-order valence-corrected chi connectivity index (χ1v) is 2.37. The van der Waals surface area contributed by atoms with Crippen LogP contribution < -0.4 is 0 Å². The molecule has 1 heterocycles. The fourth-order valence-corrected chi connectivity index (χ4v) is 0.479. The Morgan fingerprint density at radius 3 is 3.00 bits per heavy atom. The number of nitrogens with zero attached hydrogens (tertiary/aromatic N) is 2. The van der Waals surface area contributed by atoms with Gasteiger partial charge in [-0.05, 0) is 6.92 Å². The van der Waals surface area contributed by atoms with E-state index >= 15 is 0 Å². The summed E-state index contributed by atoms with van der Waals surface area (Å²) in [6, 6.07) is 0. The highest BCUT2D eigenvalue weighted by atomic mass is 15.0. The molecule has 0 fully saturated rings. The van der Waals surface area contributed by atoms with E-state index in [4.69, 9.17) is 0 Å². The van der Waals surface area contributed by atoms with Gasteiger partial charge in [0, 0.05) is 18.6 Å². The Morgan fingerprint density at radius 2 is 2.50 bits per heavy atom. The Bertz CT molecular complexity index is 163. The first-order valence-electron chi connectivity index (χ1n) is 2.37. The smallest absolute Gasteiger partial charge is 0.0986 e. The topological polar surface area (TPSA) is 17.8 Å². The quantitative estimate of drug-likeness (QED) is 0.527. The van der Waals surface area contributed by atoms with E-state index in [1.165, 1.54) is 0 Å². The predicted molar refractivity (Wildman–Crippen MR) is 32.9 cm³/mol. The molecule has 2 nitrogen and oxygen atoms in total. The fraction of sp³-hybridized carbons (Fsp3) is 0. The third kappa shape index (κ3) is 0.964. The van der Waals surface area contributed by atoms with Crippen molar-refractivity contribution >= 4 is 6.20 Å². The van der Waals surface area contributed by atoms with Crippen molar-refractivity contribution < 1.29 is 0 Å². The maximum absolute atomic E-state index is 3.82. The highest BCUT2D eigenvalue weighted by molar-refractivity contribution is 5.21. The Morgan fingerprint density at radius 1 is 1.62 bits per heavy atom. The molecule has 0 aliphatic rings. The molecule has 0 aliphatic carbocycles. The zero-order valence-electron chi connectivity index (χ0n) is 4.49. The Kier molecular flexibility index (Phi) is 1.47. The van der Waals surface area contributed by atoms with Gasteiger partial charge in [-0.25, -0.2) is 4.98 Å². The van der Waals surface area contributed by atoms with Crippen LogP contribution in [0.4, 0.5) is 0 Å². The molecule has 0 amide bonds. The van der Waals surface area contributed by atoms with E-state index in [0.717, 1.165) is 0 Å². The lowest BCUT2D eigenvalue weighted by Crippen LogP contribution is -1.75. The van der Waals surface area contributed by atoms with Crippen LogP contribution in [0, 0.1) is 6.92 Å². The van der Waals surface area contributed by atoms with Crippen molar-refractivity contribution in [3.63, 3.8) is 0 Å². The van der Waals surface area contributed by atoms with Gasteiger partial charge in [0.1, 0.15) is 0 Å². The van der Waals surface area contributed by atoms with Crippen molar-refractivity contribution in [3.8, 4) is 0 Å². The number of hydrogen-bond acceptors (Lipinski definition) is 1. The van der Waals surface area contributed by atoms with Gasteiger partial charge in [-0.3, -0.25) is 0 Å². The number of rotatable bonds is 1.